The van der Waals surface area contributed by atoms with Gasteiger partial charge in [0.1, 0.15) is 5.00 Å². The molecule has 0 bridgehead atoms. The molecule has 0 unspecified atom stereocenters. The average Bonchev–Trinajstić information content (AvgIpc) is 3.68. The van der Waals surface area contributed by atoms with Gasteiger partial charge in [-0.15, -0.1) is 22.7 Å². The number of nitriles is 1. The van der Waals surface area contributed by atoms with Crippen LogP contribution in [0.3, 0.4) is 0 Å². The summed E-state index contributed by atoms with van der Waals surface area (Å²) in [6.45, 7) is 16.1. The molecule has 0 saturated carbocycles. The second kappa shape index (κ2) is 9.96. The number of fused-ring (bicyclic) bond motifs is 3. The number of thiophene rings is 2. The summed E-state index contributed by atoms with van der Waals surface area (Å²) in [5.41, 5.74) is 10.2. The van der Waals surface area contributed by atoms with Gasteiger partial charge in [0, 0.05) is 31.4 Å². The van der Waals surface area contributed by atoms with Crippen molar-refractivity contribution in [1.82, 2.24) is 0 Å². The summed E-state index contributed by atoms with van der Waals surface area (Å²) in [4.78, 5) is 8.84. The van der Waals surface area contributed by atoms with Gasteiger partial charge >= 0.3 is 0 Å². The number of benzene rings is 3. The highest BCUT2D eigenvalue weighted by Crippen LogP contribution is 2.51. The lowest BCUT2D eigenvalue weighted by atomic mass is 9.82. The molecule has 2 heterocycles. The number of rotatable bonds is 5. The van der Waals surface area contributed by atoms with Gasteiger partial charge in [-0.2, -0.15) is 0 Å². The van der Waals surface area contributed by atoms with Crippen molar-refractivity contribution in [2.24, 2.45) is 0 Å². The quantitative estimate of drug-likeness (QED) is 0.160. The fourth-order valence-corrected chi connectivity index (χ4v) is 7.55. The van der Waals surface area contributed by atoms with E-state index in [-0.39, 0.29) is 11.1 Å². The van der Waals surface area contributed by atoms with Crippen LogP contribution in [0.2, 0.25) is 0 Å². The van der Waals surface area contributed by atoms with E-state index in [4.69, 9.17) is 11.8 Å². The summed E-state index contributed by atoms with van der Waals surface area (Å²) in [6, 6.07) is 32.7. The minimum absolute atomic E-state index is 0.0775. The van der Waals surface area contributed by atoms with Gasteiger partial charge in [-0.3, -0.25) is 0 Å². The summed E-state index contributed by atoms with van der Waals surface area (Å²) < 4.78 is 0. The molecule has 0 saturated heterocycles. The van der Waals surface area contributed by atoms with Crippen LogP contribution in [-0.4, -0.2) is 0 Å². The van der Waals surface area contributed by atoms with Crippen molar-refractivity contribution in [3.8, 4) is 27.0 Å². The van der Waals surface area contributed by atoms with Gasteiger partial charge < -0.3 is 4.90 Å². The molecule has 1 aliphatic carbocycles. The Labute approximate surface area is 243 Å². The highest BCUT2D eigenvalue weighted by Gasteiger charge is 2.35. The van der Waals surface area contributed by atoms with Crippen LogP contribution in [0, 0.1) is 31.8 Å². The van der Waals surface area contributed by atoms with E-state index in [1.165, 1.54) is 33.4 Å². The van der Waals surface area contributed by atoms with Crippen LogP contribution in [0.5, 0.6) is 0 Å². The molecule has 1 aliphatic rings. The average molecular weight is 554 g/mol. The molecular formula is C35H27N3S2. The van der Waals surface area contributed by atoms with Crippen LogP contribution in [-0.2, 0) is 5.41 Å². The van der Waals surface area contributed by atoms with Gasteiger partial charge in [-0.05, 0) is 102 Å². The van der Waals surface area contributed by atoms with Crippen LogP contribution < -0.4 is 4.90 Å². The predicted octanol–water partition coefficient (Wildman–Crippen LogP) is 10.7. The van der Waals surface area contributed by atoms with Crippen LogP contribution in [0.15, 0.2) is 90.6 Å². The molecule has 0 amide bonds. The van der Waals surface area contributed by atoms with Crippen molar-refractivity contribution in [2.75, 3.05) is 4.90 Å². The molecule has 40 heavy (non-hydrogen) atoms. The van der Waals surface area contributed by atoms with Crippen molar-refractivity contribution in [3.05, 3.63) is 129 Å². The van der Waals surface area contributed by atoms with Crippen molar-refractivity contribution in [3.63, 3.8) is 0 Å². The Morgan fingerprint density at radius 2 is 1.52 bits per heavy atom. The summed E-state index contributed by atoms with van der Waals surface area (Å²) in [5.74, 6) is 0. The summed E-state index contributed by atoms with van der Waals surface area (Å²) >= 11 is 3.34. The van der Waals surface area contributed by atoms with E-state index < -0.39 is 0 Å². The fraction of sp³-hybridized carbons (Fsp3) is 0.143. The first-order valence-corrected chi connectivity index (χ1v) is 14.7. The van der Waals surface area contributed by atoms with Crippen molar-refractivity contribution < 1.29 is 0 Å². The zero-order chi connectivity index (χ0) is 28.0. The maximum atomic E-state index is 9.14. The molecule has 3 aromatic carbocycles. The van der Waals surface area contributed by atoms with Gasteiger partial charge in [0.05, 0.1) is 12.6 Å². The summed E-state index contributed by atoms with van der Waals surface area (Å²) in [6.07, 6.45) is 1.65. The first kappa shape index (κ1) is 25.8. The maximum Gasteiger partial charge on any atom is 0.263 e. The lowest BCUT2D eigenvalue weighted by Gasteiger charge is -2.27. The molecule has 6 rings (SSSR count). The van der Waals surface area contributed by atoms with Crippen LogP contribution in [0.25, 0.3) is 31.8 Å². The third kappa shape index (κ3) is 4.34. The van der Waals surface area contributed by atoms with Crippen LogP contribution in [0.1, 0.15) is 41.0 Å². The lowest BCUT2D eigenvalue weighted by molar-refractivity contribution is 0.660. The molecule has 0 atom stereocenters. The first-order valence-electron chi connectivity index (χ1n) is 13.1. The second-order valence-corrected chi connectivity index (χ2v) is 12.8. The monoisotopic (exact) mass is 553 g/mol. The molecule has 0 radical (unpaired) electrons. The van der Waals surface area contributed by atoms with Gasteiger partial charge in [0.15, 0.2) is 0 Å². The molecule has 194 valence electrons. The van der Waals surface area contributed by atoms with E-state index in [1.807, 2.05) is 12.1 Å². The number of nitrogens with zero attached hydrogens (tertiary/aromatic N) is 3. The number of allylic oxidation sites excluding steroid dienone is 1. The van der Waals surface area contributed by atoms with Crippen LogP contribution >= 0.6 is 22.7 Å². The Morgan fingerprint density at radius 3 is 2.30 bits per heavy atom. The molecule has 0 spiro atoms. The first-order chi connectivity index (χ1) is 19.3. The Hall–Kier alpha value is -4.42. The van der Waals surface area contributed by atoms with Crippen LogP contribution in [0.4, 0.5) is 16.4 Å². The molecule has 5 heteroatoms. The van der Waals surface area contributed by atoms with E-state index >= 15 is 0 Å². The van der Waals surface area contributed by atoms with E-state index in [2.05, 4.69) is 116 Å². The number of hydrogen-bond donors (Lipinski definition) is 0. The smallest absolute Gasteiger partial charge is 0.263 e. The molecule has 0 fully saturated rings. The van der Waals surface area contributed by atoms with Gasteiger partial charge in [0.2, 0.25) is 0 Å². The van der Waals surface area contributed by atoms with E-state index in [0.29, 0.717) is 0 Å². The molecule has 0 N–H and O–H groups in total. The van der Waals surface area contributed by atoms with Crippen molar-refractivity contribution in [2.45, 2.75) is 33.1 Å². The number of anilines is 3. The van der Waals surface area contributed by atoms with Gasteiger partial charge in [-0.25, -0.2) is 10.1 Å². The minimum Gasteiger partial charge on any atom is -0.302 e. The molecule has 0 aliphatic heterocycles. The SMILES string of the molecule is [C-]#[N+]/C(C#N)=C\c1ccc(-c2ccc(N(c3ccc(C)c(C)c3)c3ccc4c(c3)C(C)(C)c3ccccc3-4)s2)s1. The third-order valence-electron chi connectivity index (χ3n) is 7.77. The number of aryl methyl sites for hydroxylation is 2. The molecule has 3 nitrogen and oxygen atoms in total. The Balaban J connectivity index is 1.45. The van der Waals surface area contributed by atoms with Gasteiger partial charge in [0.25, 0.3) is 5.70 Å². The normalized spacial score (nSPS) is 13.3. The summed E-state index contributed by atoms with van der Waals surface area (Å²) in [7, 11) is 0. The zero-order valence-electron chi connectivity index (χ0n) is 22.8. The zero-order valence-corrected chi connectivity index (χ0v) is 24.5. The second-order valence-electron chi connectivity index (χ2n) is 10.6. The minimum atomic E-state index is -0.0775. The van der Waals surface area contributed by atoms with Crippen molar-refractivity contribution >= 4 is 45.1 Å². The van der Waals surface area contributed by atoms with Crippen molar-refractivity contribution in [1.29, 1.82) is 5.26 Å². The highest BCUT2D eigenvalue weighted by atomic mass is 32.1. The van der Waals surface area contributed by atoms with Gasteiger partial charge in [-0.1, -0.05) is 50.2 Å². The topological polar surface area (TPSA) is 31.4 Å². The molecule has 2 aromatic heterocycles. The highest BCUT2D eigenvalue weighted by molar-refractivity contribution is 7.24. The fourth-order valence-electron chi connectivity index (χ4n) is 5.47. The van der Waals surface area contributed by atoms with E-state index in [9.17, 15) is 0 Å². The Morgan fingerprint density at radius 1 is 0.825 bits per heavy atom. The van der Waals surface area contributed by atoms with E-state index in [0.717, 1.165) is 31.0 Å². The maximum absolute atomic E-state index is 9.14. The lowest BCUT2D eigenvalue weighted by Crippen LogP contribution is -2.16. The molecule has 5 aromatic rings. The third-order valence-corrected chi connectivity index (χ3v) is 10.1. The summed E-state index contributed by atoms with van der Waals surface area (Å²) in [5, 5.41) is 10.3. The Kier molecular flexibility index (Phi) is 6.43. The Bertz CT molecular complexity index is 1870. The number of hydrogen-bond acceptors (Lipinski definition) is 4. The standard InChI is InChI=1S/C35H27N3S2/c1-22-10-11-25(18-23(22)2)38(26-12-14-29-28-8-6-7-9-30(28)35(3,4)31(29)20-26)34-17-16-33(40-34)32-15-13-27(39-32)19-24(21-36)37-5/h6-20H,1-4H3/b24-19-. The largest absolute Gasteiger partial charge is 0.302 e. The predicted molar refractivity (Wildman–Crippen MR) is 170 cm³/mol. The molecular weight excluding hydrogens is 527 g/mol. The van der Waals surface area contributed by atoms with E-state index in [1.54, 1.807) is 28.7 Å².